The van der Waals surface area contributed by atoms with Gasteiger partial charge in [0.05, 0.1) is 5.52 Å². The maximum Gasteiger partial charge on any atom is 0.0709 e. The van der Waals surface area contributed by atoms with Crippen molar-refractivity contribution < 1.29 is 0 Å². The van der Waals surface area contributed by atoms with E-state index in [1.54, 1.807) is 0 Å². The second-order valence-electron chi connectivity index (χ2n) is 5.81. The molecule has 0 radical (unpaired) electrons. The SMILES string of the molecule is Cc1c2cnc3ccccc3c2c(C)n1Cc1ccccc1. The van der Waals surface area contributed by atoms with Crippen LogP contribution >= 0.6 is 0 Å². The predicted octanol–water partition coefficient (Wildman–Crippen LogP) is 4.85. The van der Waals surface area contributed by atoms with Gasteiger partial charge in [0.15, 0.2) is 0 Å². The molecule has 2 aromatic heterocycles. The number of fused-ring (bicyclic) bond motifs is 3. The molecule has 0 aliphatic rings. The molecule has 0 amide bonds. The van der Waals surface area contributed by atoms with Crippen LogP contribution in [0.5, 0.6) is 0 Å². The van der Waals surface area contributed by atoms with Gasteiger partial charge in [-0.1, -0.05) is 48.5 Å². The summed E-state index contributed by atoms with van der Waals surface area (Å²) in [6, 6.07) is 19.0. The molecule has 0 atom stereocenters. The molecule has 0 aliphatic carbocycles. The van der Waals surface area contributed by atoms with Crippen LogP contribution in [0.25, 0.3) is 21.7 Å². The molecule has 22 heavy (non-hydrogen) atoms. The minimum Gasteiger partial charge on any atom is -0.344 e. The molecule has 0 unspecified atom stereocenters. The Morgan fingerprint density at radius 2 is 1.55 bits per heavy atom. The largest absolute Gasteiger partial charge is 0.344 e. The first kappa shape index (κ1) is 13.1. The van der Waals surface area contributed by atoms with E-state index >= 15 is 0 Å². The van der Waals surface area contributed by atoms with Crippen LogP contribution in [0.4, 0.5) is 0 Å². The van der Waals surface area contributed by atoms with Crippen molar-refractivity contribution in [3.8, 4) is 0 Å². The van der Waals surface area contributed by atoms with E-state index in [4.69, 9.17) is 0 Å². The molecule has 2 heteroatoms. The van der Waals surface area contributed by atoms with Crippen LogP contribution < -0.4 is 0 Å². The van der Waals surface area contributed by atoms with Crippen LogP contribution in [0, 0.1) is 13.8 Å². The first-order valence-corrected chi connectivity index (χ1v) is 7.63. The van der Waals surface area contributed by atoms with Crippen molar-refractivity contribution in [2.45, 2.75) is 20.4 Å². The summed E-state index contributed by atoms with van der Waals surface area (Å²) in [5, 5.41) is 3.83. The summed E-state index contributed by atoms with van der Waals surface area (Å²) < 4.78 is 2.40. The van der Waals surface area contributed by atoms with Gasteiger partial charge in [-0.05, 0) is 25.5 Å². The molecule has 2 nitrogen and oxygen atoms in total. The highest BCUT2D eigenvalue weighted by Crippen LogP contribution is 2.31. The Hall–Kier alpha value is -2.61. The molecule has 2 aromatic carbocycles. The molecule has 4 rings (SSSR count). The number of hydrogen-bond acceptors (Lipinski definition) is 1. The molecular formula is C20H18N2. The Morgan fingerprint density at radius 1 is 0.818 bits per heavy atom. The topological polar surface area (TPSA) is 17.8 Å². The van der Waals surface area contributed by atoms with Crippen molar-refractivity contribution in [3.63, 3.8) is 0 Å². The fraction of sp³-hybridized carbons (Fsp3) is 0.150. The summed E-state index contributed by atoms with van der Waals surface area (Å²) in [6.07, 6.45) is 2.02. The Balaban J connectivity index is 1.98. The Labute approximate surface area is 130 Å². The van der Waals surface area contributed by atoms with Crippen LogP contribution in [0.3, 0.4) is 0 Å². The highest BCUT2D eigenvalue weighted by atomic mass is 15.0. The van der Waals surface area contributed by atoms with E-state index in [0.717, 1.165) is 12.1 Å². The van der Waals surface area contributed by atoms with E-state index in [0.29, 0.717) is 0 Å². The van der Waals surface area contributed by atoms with Gasteiger partial charge in [0, 0.05) is 40.3 Å². The fourth-order valence-corrected chi connectivity index (χ4v) is 3.34. The zero-order valence-electron chi connectivity index (χ0n) is 12.9. The molecule has 4 aromatic rings. The minimum absolute atomic E-state index is 0.904. The summed E-state index contributed by atoms with van der Waals surface area (Å²) in [6.45, 7) is 5.31. The fourth-order valence-electron chi connectivity index (χ4n) is 3.34. The monoisotopic (exact) mass is 286 g/mol. The third-order valence-electron chi connectivity index (χ3n) is 4.52. The highest BCUT2D eigenvalue weighted by Gasteiger charge is 2.14. The van der Waals surface area contributed by atoms with Gasteiger partial charge in [0.2, 0.25) is 0 Å². The number of nitrogens with zero attached hydrogens (tertiary/aromatic N) is 2. The lowest BCUT2D eigenvalue weighted by molar-refractivity contribution is 0.755. The lowest BCUT2D eigenvalue weighted by Crippen LogP contribution is -2.03. The molecule has 2 heterocycles. The molecule has 0 bridgehead atoms. The lowest BCUT2D eigenvalue weighted by Gasteiger charge is -2.09. The number of hydrogen-bond donors (Lipinski definition) is 0. The van der Waals surface area contributed by atoms with Gasteiger partial charge < -0.3 is 4.57 Å². The van der Waals surface area contributed by atoms with Crippen molar-refractivity contribution in [1.29, 1.82) is 0 Å². The summed E-state index contributed by atoms with van der Waals surface area (Å²) in [4.78, 5) is 4.62. The normalized spacial score (nSPS) is 11.4. The first-order chi connectivity index (χ1) is 10.8. The molecule has 108 valence electrons. The average molecular weight is 286 g/mol. The zero-order chi connectivity index (χ0) is 15.1. The van der Waals surface area contributed by atoms with E-state index in [9.17, 15) is 0 Å². The second-order valence-corrected chi connectivity index (χ2v) is 5.81. The lowest BCUT2D eigenvalue weighted by atomic mass is 10.1. The van der Waals surface area contributed by atoms with Crippen LogP contribution in [0.15, 0.2) is 60.8 Å². The molecular weight excluding hydrogens is 268 g/mol. The summed E-state index contributed by atoms with van der Waals surface area (Å²) in [7, 11) is 0. The maximum absolute atomic E-state index is 4.62. The summed E-state index contributed by atoms with van der Waals surface area (Å²) in [5.74, 6) is 0. The molecule has 0 fully saturated rings. The number of pyridine rings is 1. The number of benzene rings is 2. The number of rotatable bonds is 2. The van der Waals surface area contributed by atoms with Crippen molar-refractivity contribution in [3.05, 3.63) is 77.7 Å². The van der Waals surface area contributed by atoms with Crippen LogP contribution in [-0.2, 0) is 6.54 Å². The smallest absolute Gasteiger partial charge is 0.0709 e. The number of aryl methyl sites for hydroxylation is 2. The van der Waals surface area contributed by atoms with Gasteiger partial charge in [0.1, 0.15) is 0 Å². The predicted molar refractivity (Wildman–Crippen MR) is 92.3 cm³/mol. The third kappa shape index (κ3) is 1.92. The molecule has 0 aliphatic heterocycles. The minimum atomic E-state index is 0.904. The quantitative estimate of drug-likeness (QED) is 0.515. The van der Waals surface area contributed by atoms with Gasteiger partial charge in [-0.25, -0.2) is 0 Å². The molecule has 0 saturated heterocycles. The zero-order valence-corrected chi connectivity index (χ0v) is 12.9. The van der Waals surface area contributed by atoms with Crippen LogP contribution in [0.1, 0.15) is 17.0 Å². The Morgan fingerprint density at radius 3 is 2.36 bits per heavy atom. The number of aromatic nitrogens is 2. The van der Waals surface area contributed by atoms with Crippen LogP contribution in [0.2, 0.25) is 0 Å². The van der Waals surface area contributed by atoms with E-state index in [1.807, 2.05) is 12.3 Å². The van der Waals surface area contributed by atoms with Gasteiger partial charge >= 0.3 is 0 Å². The van der Waals surface area contributed by atoms with Crippen molar-refractivity contribution >= 4 is 21.7 Å². The van der Waals surface area contributed by atoms with E-state index in [1.165, 1.54) is 33.1 Å². The van der Waals surface area contributed by atoms with Gasteiger partial charge in [-0.15, -0.1) is 0 Å². The summed E-state index contributed by atoms with van der Waals surface area (Å²) >= 11 is 0. The first-order valence-electron chi connectivity index (χ1n) is 7.63. The Kier molecular flexibility index (Phi) is 2.97. The molecule has 0 spiro atoms. The maximum atomic E-state index is 4.62. The van der Waals surface area contributed by atoms with Crippen molar-refractivity contribution in [2.75, 3.05) is 0 Å². The standard InChI is InChI=1S/C20H18N2/c1-14-18-12-21-19-11-7-6-10-17(19)20(18)15(2)22(14)13-16-8-4-3-5-9-16/h3-12H,13H2,1-2H3. The van der Waals surface area contributed by atoms with Gasteiger partial charge in [0.25, 0.3) is 0 Å². The van der Waals surface area contributed by atoms with Gasteiger partial charge in [-0.2, -0.15) is 0 Å². The second kappa shape index (κ2) is 4.99. The molecule has 0 N–H and O–H groups in total. The summed E-state index contributed by atoms with van der Waals surface area (Å²) in [5.41, 5.74) is 4.99. The highest BCUT2D eigenvalue weighted by molar-refractivity contribution is 6.08. The molecule has 0 saturated carbocycles. The van der Waals surface area contributed by atoms with Crippen molar-refractivity contribution in [1.82, 2.24) is 9.55 Å². The van der Waals surface area contributed by atoms with E-state index in [-0.39, 0.29) is 0 Å². The van der Waals surface area contributed by atoms with Crippen LogP contribution in [-0.4, -0.2) is 9.55 Å². The van der Waals surface area contributed by atoms with E-state index in [2.05, 4.69) is 71.9 Å². The van der Waals surface area contributed by atoms with E-state index < -0.39 is 0 Å². The number of para-hydroxylation sites is 1. The Bertz CT molecular complexity index is 965. The van der Waals surface area contributed by atoms with Gasteiger partial charge in [-0.3, -0.25) is 4.98 Å². The third-order valence-corrected chi connectivity index (χ3v) is 4.52. The average Bonchev–Trinajstić information content (AvgIpc) is 2.81. The van der Waals surface area contributed by atoms with Crippen molar-refractivity contribution in [2.24, 2.45) is 0 Å².